The fourth-order valence-electron chi connectivity index (χ4n) is 1.28. The van der Waals surface area contributed by atoms with E-state index in [2.05, 4.69) is 5.43 Å². The first-order chi connectivity index (χ1) is 6.11. The molecule has 0 aromatic carbocycles. The number of nitrogens with one attached hydrogen (secondary N) is 1. The van der Waals surface area contributed by atoms with Crippen LogP contribution in [0.2, 0.25) is 0 Å². The number of aliphatic hydroxyl groups is 4. The Kier molecular flexibility index (Phi) is 3.56. The summed E-state index contributed by atoms with van der Waals surface area (Å²) in [6, 6.07) is -0.960. The van der Waals surface area contributed by atoms with Crippen LogP contribution in [0.3, 0.4) is 0 Å². The fraction of sp³-hybridized carbons (Fsp3) is 1.00. The van der Waals surface area contributed by atoms with Crippen LogP contribution >= 0.6 is 0 Å². The lowest BCUT2D eigenvalue weighted by molar-refractivity contribution is -0.254. The third-order valence-corrected chi connectivity index (χ3v) is 2.09. The first-order valence-corrected chi connectivity index (χ1v) is 3.88. The lowest BCUT2D eigenvalue weighted by atomic mass is 9.98. The van der Waals surface area contributed by atoms with Crippen molar-refractivity contribution in [2.24, 2.45) is 5.84 Å². The Morgan fingerprint density at radius 2 is 1.85 bits per heavy atom. The van der Waals surface area contributed by atoms with E-state index in [-0.39, 0.29) is 0 Å². The maximum absolute atomic E-state index is 9.37. The summed E-state index contributed by atoms with van der Waals surface area (Å²) in [7, 11) is 0. The first kappa shape index (κ1) is 10.8. The minimum Gasteiger partial charge on any atom is -0.394 e. The van der Waals surface area contributed by atoms with Crippen LogP contribution in [0.5, 0.6) is 0 Å². The van der Waals surface area contributed by atoms with Gasteiger partial charge in [0.05, 0.1) is 6.61 Å². The Morgan fingerprint density at radius 3 is 2.31 bits per heavy atom. The van der Waals surface area contributed by atoms with Crippen molar-refractivity contribution >= 4 is 0 Å². The fourth-order valence-corrected chi connectivity index (χ4v) is 1.28. The van der Waals surface area contributed by atoms with Crippen molar-refractivity contribution in [1.29, 1.82) is 0 Å². The molecular weight excluding hydrogens is 180 g/mol. The van der Waals surface area contributed by atoms with E-state index in [0.29, 0.717) is 0 Å². The van der Waals surface area contributed by atoms with Crippen molar-refractivity contribution in [3.63, 3.8) is 0 Å². The van der Waals surface area contributed by atoms with E-state index < -0.39 is 37.3 Å². The zero-order valence-electron chi connectivity index (χ0n) is 6.87. The summed E-state index contributed by atoms with van der Waals surface area (Å²) in [4.78, 5) is 0. The highest BCUT2D eigenvalue weighted by molar-refractivity contribution is 4.91. The minimum absolute atomic E-state index is 0.480. The van der Waals surface area contributed by atoms with Crippen molar-refractivity contribution in [3.05, 3.63) is 0 Å². The predicted molar refractivity (Wildman–Crippen MR) is 41.1 cm³/mol. The average molecular weight is 194 g/mol. The topological polar surface area (TPSA) is 128 Å². The lowest BCUT2D eigenvalue weighted by Gasteiger charge is -2.39. The molecule has 7 N–H and O–H groups in total. The monoisotopic (exact) mass is 194 g/mol. The molecule has 0 aromatic heterocycles. The van der Waals surface area contributed by atoms with Crippen molar-refractivity contribution in [3.8, 4) is 0 Å². The molecule has 78 valence electrons. The second-order valence-corrected chi connectivity index (χ2v) is 2.92. The van der Waals surface area contributed by atoms with Gasteiger partial charge in [-0.05, 0) is 0 Å². The van der Waals surface area contributed by atoms with Crippen LogP contribution in [0.15, 0.2) is 0 Å². The van der Waals surface area contributed by atoms with Crippen molar-refractivity contribution in [2.45, 2.75) is 30.6 Å². The summed E-state index contributed by atoms with van der Waals surface area (Å²) in [5, 5.41) is 36.6. The summed E-state index contributed by atoms with van der Waals surface area (Å²) in [6.07, 6.45) is -4.88. The summed E-state index contributed by atoms with van der Waals surface area (Å²) >= 11 is 0. The number of hydrogen-bond acceptors (Lipinski definition) is 7. The number of aliphatic hydroxyl groups excluding tert-OH is 4. The molecule has 1 heterocycles. The zero-order valence-corrected chi connectivity index (χ0v) is 6.87. The lowest BCUT2D eigenvalue weighted by Crippen LogP contribution is -2.64. The minimum atomic E-state index is -1.35. The molecule has 1 fully saturated rings. The molecule has 5 atom stereocenters. The van der Waals surface area contributed by atoms with Gasteiger partial charge in [0, 0.05) is 0 Å². The quantitative estimate of drug-likeness (QED) is 0.197. The van der Waals surface area contributed by atoms with E-state index in [1.54, 1.807) is 0 Å². The van der Waals surface area contributed by atoms with Crippen LogP contribution < -0.4 is 11.3 Å². The van der Waals surface area contributed by atoms with Gasteiger partial charge in [0.1, 0.15) is 24.4 Å². The summed E-state index contributed by atoms with van der Waals surface area (Å²) < 4.78 is 4.77. The Labute approximate surface area is 74.7 Å². The second-order valence-electron chi connectivity index (χ2n) is 2.92. The third-order valence-electron chi connectivity index (χ3n) is 2.09. The van der Waals surface area contributed by atoms with Crippen molar-refractivity contribution in [2.75, 3.05) is 6.61 Å². The van der Waals surface area contributed by atoms with Crippen molar-refractivity contribution < 1.29 is 25.2 Å². The van der Waals surface area contributed by atoms with Crippen molar-refractivity contribution in [1.82, 2.24) is 5.43 Å². The van der Waals surface area contributed by atoms with Gasteiger partial charge in [-0.1, -0.05) is 0 Å². The molecule has 0 radical (unpaired) electrons. The van der Waals surface area contributed by atoms with E-state index in [1.165, 1.54) is 0 Å². The number of ether oxygens (including phenoxy) is 1. The maximum Gasteiger partial charge on any atom is 0.174 e. The van der Waals surface area contributed by atoms with Crippen LogP contribution in [0, 0.1) is 0 Å². The molecule has 7 heteroatoms. The van der Waals surface area contributed by atoms with E-state index in [1.807, 2.05) is 0 Å². The van der Waals surface area contributed by atoms with Crippen LogP contribution in [0.4, 0.5) is 0 Å². The molecule has 0 aromatic rings. The van der Waals surface area contributed by atoms with Crippen LogP contribution in [-0.4, -0.2) is 57.7 Å². The Bertz CT molecular complexity index is 169. The molecular formula is C6H14N2O5. The summed E-state index contributed by atoms with van der Waals surface area (Å²) in [6.45, 7) is -0.480. The van der Waals surface area contributed by atoms with Gasteiger partial charge in [-0.15, -0.1) is 0 Å². The molecule has 13 heavy (non-hydrogen) atoms. The van der Waals surface area contributed by atoms with Crippen LogP contribution in [-0.2, 0) is 4.74 Å². The molecule has 1 saturated heterocycles. The van der Waals surface area contributed by atoms with Gasteiger partial charge in [-0.2, -0.15) is 0 Å². The molecule has 0 bridgehead atoms. The molecule has 1 aliphatic rings. The molecule has 0 aliphatic carbocycles. The van der Waals surface area contributed by atoms with Gasteiger partial charge >= 0.3 is 0 Å². The standard InChI is InChI=1S/C6H14N2O5/c7-8-3-5(11)4(10)2(1-9)13-6(3)12/h2-6,8-12H,1,7H2. The van der Waals surface area contributed by atoms with Gasteiger partial charge in [-0.3, -0.25) is 5.84 Å². The predicted octanol–water partition coefficient (Wildman–Crippen LogP) is -3.75. The Hall–Kier alpha value is -0.280. The SMILES string of the molecule is NNC1C(O)OC(CO)C(O)C1O. The molecule has 5 unspecified atom stereocenters. The highest BCUT2D eigenvalue weighted by atomic mass is 16.6. The number of hydrazine groups is 1. The van der Waals surface area contributed by atoms with Crippen LogP contribution in [0.1, 0.15) is 0 Å². The number of rotatable bonds is 2. The Balaban J connectivity index is 2.66. The van der Waals surface area contributed by atoms with Gasteiger partial charge in [-0.25, -0.2) is 5.43 Å². The van der Waals surface area contributed by atoms with Crippen LogP contribution in [0.25, 0.3) is 0 Å². The molecule has 0 spiro atoms. The average Bonchev–Trinajstić information content (AvgIpc) is 2.12. The second kappa shape index (κ2) is 4.29. The largest absolute Gasteiger partial charge is 0.394 e. The smallest absolute Gasteiger partial charge is 0.174 e. The molecule has 1 rings (SSSR count). The third kappa shape index (κ3) is 1.97. The van der Waals surface area contributed by atoms with E-state index in [0.717, 1.165) is 0 Å². The normalized spacial score (nSPS) is 46.4. The van der Waals surface area contributed by atoms with E-state index >= 15 is 0 Å². The highest BCUT2D eigenvalue weighted by Gasteiger charge is 2.42. The van der Waals surface area contributed by atoms with E-state index in [9.17, 15) is 15.3 Å². The Morgan fingerprint density at radius 1 is 1.23 bits per heavy atom. The number of hydrogen-bond donors (Lipinski definition) is 6. The number of nitrogens with two attached hydrogens (primary N) is 1. The zero-order chi connectivity index (χ0) is 10.0. The molecule has 1 aliphatic heterocycles. The van der Waals surface area contributed by atoms with Gasteiger partial charge in [0.15, 0.2) is 6.29 Å². The highest BCUT2D eigenvalue weighted by Crippen LogP contribution is 2.18. The van der Waals surface area contributed by atoms with E-state index in [4.69, 9.17) is 15.7 Å². The molecule has 7 nitrogen and oxygen atoms in total. The molecule has 0 amide bonds. The first-order valence-electron chi connectivity index (χ1n) is 3.88. The maximum atomic E-state index is 9.37. The van der Waals surface area contributed by atoms with Gasteiger partial charge in [0.2, 0.25) is 0 Å². The van der Waals surface area contributed by atoms with Gasteiger partial charge < -0.3 is 25.2 Å². The summed E-state index contributed by atoms with van der Waals surface area (Å²) in [5.41, 5.74) is 2.11. The summed E-state index contributed by atoms with van der Waals surface area (Å²) in [5.74, 6) is 5.01. The van der Waals surface area contributed by atoms with Gasteiger partial charge in [0.25, 0.3) is 0 Å². The molecule has 0 saturated carbocycles.